The summed E-state index contributed by atoms with van der Waals surface area (Å²) in [6.07, 6.45) is 7.98. The summed E-state index contributed by atoms with van der Waals surface area (Å²) in [5, 5.41) is 10.6. The summed E-state index contributed by atoms with van der Waals surface area (Å²) < 4.78 is 5.15. The van der Waals surface area contributed by atoms with Crippen LogP contribution in [0.5, 0.6) is 0 Å². The molecular weight excluding hydrogens is 336 g/mol. The molecule has 0 unspecified atom stereocenters. The van der Waals surface area contributed by atoms with Crippen molar-refractivity contribution in [3.63, 3.8) is 0 Å². The van der Waals surface area contributed by atoms with Crippen LogP contribution in [0, 0.1) is 10.1 Å². The zero-order chi connectivity index (χ0) is 19.4. The number of non-ortho nitro benzene ring substituents is 1. The van der Waals surface area contributed by atoms with Crippen LogP contribution in [0.2, 0.25) is 0 Å². The van der Waals surface area contributed by atoms with E-state index in [1.807, 2.05) is 0 Å². The van der Waals surface area contributed by atoms with Crippen molar-refractivity contribution in [1.82, 2.24) is 4.90 Å². The quantitative estimate of drug-likeness (QED) is 0.242. The molecule has 26 heavy (non-hydrogen) atoms. The second kappa shape index (κ2) is 12.0. The van der Waals surface area contributed by atoms with Gasteiger partial charge in [0.1, 0.15) is 6.54 Å². The minimum Gasteiger partial charge on any atom is -0.464 e. The maximum atomic E-state index is 12.2. The molecule has 0 N–H and O–H groups in total. The van der Waals surface area contributed by atoms with Gasteiger partial charge in [0.05, 0.1) is 11.5 Å². The first-order valence-electron chi connectivity index (χ1n) is 9.11. The number of ether oxygens (including phenoxy) is 1. The van der Waals surface area contributed by atoms with Gasteiger partial charge in [-0.2, -0.15) is 0 Å². The van der Waals surface area contributed by atoms with E-state index >= 15 is 0 Å². The summed E-state index contributed by atoms with van der Waals surface area (Å²) >= 11 is 0. The monoisotopic (exact) mass is 364 g/mol. The molecule has 0 aliphatic heterocycles. The van der Waals surface area contributed by atoms with E-state index < -0.39 is 10.9 Å². The van der Waals surface area contributed by atoms with Crippen LogP contribution in [-0.2, 0) is 9.53 Å². The number of nitro groups is 1. The Hall–Kier alpha value is -2.44. The molecule has 0 saturated heterocycles. The van der Waals surface area contributed by atoms with Crippen LogP contribution in [0.25, 0.3) is 0 Å². The molecule has 0 heterocycles. The molecule has 0 aliphatic carbocycles. The van der Waals surface area contributed by atoms with Crippen molar-refractivity contribution in [2.24, 2.45) is 0 Å². The van der Waals surface area contributed by atoms with Gasteiger partial charge in [0.2, 0.25) is 0 Å². The fourth-order valence-corrected chi connectivity index (χ4v) is 2.50. The lowest BCUT2D eigenvalue weighted by molar-refractivity contribution is -0.384. The van der Waals surface area contributed by atoms with E-state index in [0.29, 0.717) is 6.61 Å². The number of carbonyl (C=O) groups excluding carboxylic acids is 2. The highest BCUT2D eigenvalue weighted by Crippen LogP contribution is 2.13. The minimum atomic E-state index is -0.529. The van der Waals surface area contributed by atoms with Gasteiger partial charge in [-0.15, -0.1) is 0 Å². The number of likely N-dealkylation sites (N-methyl/N-ethyl adjacent to an activating group) is 1. The van der Waals surface area contributed by atoms with Gasteiger partial charge in [0.25, 0.3) is 11.6 Å². The Bertz CT molecular complexity index is 586. The summed E-state index contributed by atoms with van der Waals surface area (Å²) in [5.74, 6) is -0.832. The predicted molar refractivity (Wildman–Crippen MR) is 99.0 cm³/mol. The highest BCUT2D eigenvalue weighted by atomic mass is 16.6. The minimum absolute atomic E-state index is 0.0849. The van der Waals surface area contributed by atoms with Crippen molar-refractivity contribution in [3.05, 3.63) is 39.9 Å². The van der Waals surface area contributed by atoms with Crippen molar-refractivity contribution < 1.29 is 19.2 Å². The number of amides is 1. The van der Waals surface area contributed by atoms with Gasteiger partial charge in [-0.25, -0.2) is 0 Å². The normalized spacial score (nSPS) is 10.4. The summed E-state index contributed by atoms with van der Waals surface area (Å²) in [4.78, 5) is 35.4. The third-order valence-electron chi connectivity index (χ3n) is 4.05. The first-order valence-corrected chi connectivity index (χ1v) is 9.11. The van der Waals surface area contributed by atoms with Gasteiger partial charge in [-0.1, -0.05) is 45.4 Å². The van der Waals surface area contributed by atoms with E-state index in [-0.39, 0.29) is 23.7 Å². The van der Waals surface area contributed by atoms with Crippen LogP contribution in [0.1, 0.15) is 62.2 Å². The maximum absolute atomic E-state index is 12.2. The largest absolute Gasteiger partial charge is 0.464 e. The summed E-state index contributed by atoms with van der Waals surface area (Å²) in [5.41, 5.74) is 0.205. The van der Waals surface area contributed by atoms with E-state index in [1.54, 1.807) is 0 Å². The Balaban J connectivity index is 2.26. The highest BCUT2D eigenvalue weighted by molar-refractivity contribution is 5.95. The topological polar surface area (TPSA) is 89.8 Å². The van der Waals surface area contributed by atoms with E-state index in [0.717, 1.165) is 19.3 Å². The number of esters is 1. The lowest BCUT2D eigenvalue weighted by Crippen LogP contribution is -2.33. The molecule has 0 spiro atoms. The number of carbonyl (C=O) groups is 2. The van der Waals surface area contributed by atoms with Gasteiger partial charge in [0.15, 0.2) is 0 Å². The van der Waals surface area contributed by atoms with Crippen molar-refractivity contribution in [3.8, 4) is 0 Å². The van der Waals surface area contributed by atoms with Crippen LogP contribution in [0.15, 0.2) is 24.3 Å². The molecule has 1 aromatic rings. The van der Waals surface area contributed by atoms with Gasteiger partial charge < -0.3 is 9.64 Å². The van der Waals surface area contributed by atoms with Crippen LogP contribution in [0.3, 0.4) is 0 Å². The van der Waals surface area contributed by atoms with Gasteiger partial charge >= 0.3 is 5.97 Å². The van der Waals surface area contributed by atoms with Crippen LogP contribution < -0.4 is 0 Å². The number of unbranched alkanes of at least 4 members (excludes halogenated alkanes) is 6. The third kappa shape index (κ3) is 8.09. The Labute approximate surface area is 154 Å². The van der Waals surface area contributed by atoms with Gasteiger partial charge in [-0.05, 0) is 18.6 Å². The number of benzene rings is 1. The van der Waals surface area contributed by atoms with Crippen LogP contribution in [-0.4, -0.2) is 41.9 Å². The molecule has 0 bridgehead atoms. The van der Waals surface area contributed by atoms with E-state index in [4.69, 9.17) is 4.74 Å². The van der Waals surface area contributed by atoms with E-state index in [9.17, 15) is 19.7 Å². The van der Waals surface area contributed by atoms with Crippen molar-refractivity contribution in [1.29, 1.82) is 0 Å². The fourth-order valence-electron chi connectivity index (χ4n) is 2.50. The third-order valence-corrected chi connectivity index (χ3v) is 4.05. The second-order valence-corrected chi connectivity index (χ2v) is 6.31. The number of rotatable bonds is 12. The Morgan fingerprint density at radius 2 is 1.62 bits per heavy atom. The molecule has 0 radical (unpaired) electrons. The number of nitrogens with zero attached hydrogens (tertiary/aromatic N) is 2. The summed E-state index contributed by atoms with van der Waals surface area (Å²) in [6, 6.07) is 5.28. The Morgan fingerprint density at radius 3 is 2.19 bits per heavy atom. The first-order chi connectivity index (χ1) is 12.5. The Kier molecular flexibility index (Phi) is 9.97. The zero-order valence-electron chi connectivity index (χ0n) is 15.6. The molecule has 1 amide bonds. The van der Waals surface area contributed by atoms with E-state index in [1.165, 1.54) is 61.9 Å². The second-order valence-electron chi connectivity index (χ2n) is 6.31. The van der Waals surface area contributed by atoms with Gasteiger partial charge in [-0.3, -0.25) is 19.7 Å². The number of hydrogen-bond donors (Lipinski definition) is 0. The molecule has 1 rings (SSSR count). The molecular formula is C19H28N2O5. The molecule has 0 saturated carbocycles. The van der Waals surface area contributed by atoms with Gasteiger partial charge in [0, 0.05) is 24.7 Å². The summed E-state index contributed by atoms with van der Waals surface area (Å²) in [6.45, 7) is 2.40. The molecule has 0 aromatic heterocycles. The van der Waals surface area contributed by atoms with E-state index in [2.05, 4.69) is 6.92 Å². The maximum Gasteiger partial charge on any atom is 0.325 e. The molecule has 7 heteroatoms. The predicted octanol–water partition coefficient (Wildman–Crippen LogP) is 3.96. The zero-order valence-corrected chi connectivity index (χ0v) is 15.6. The fraction of sp³-hybridized carbons (Fsp3) is 0.579. The number of nitro benzene ring substituents is 1. The molecule has 1 aromatic carbocycles. The lowest BCUT2D eigenvalue weighted by atomic mass is 10.1. The molecule has 0 fully saturated rings. The lowest BCUT2D eigenvalue weighted by Gasteiger charge is -2.16. The highest BCUT2D eigenvalue weighted by Gasteiger charge is 2.16. The first kappa shape index (κ1) is 21.6. The smallest absolute Gasteiger partial charge is 0.325 e. The average Bonchev–Trinajstić information content (AvgIpc) is 2.63. The van der Waals surface area contributed by atoms with Crippen molar-refractivity contribution >= 4 is 17.6 Å². The van der Waals surface area contributed by atoms with Crippen LogP contribution >= 0.6 is 0 Å². The molecule has 0 aliphatic rings. The van der Waals surface area contributed by atoms with Crippen molar-refractivity contribution in [2.75, 3.05) is 20.2 Å². The SMILES string of the molecule is CCCCCCCCCOC(=O)CN(C)C(=O)c1ccc([N+](=O)[O-])cc1. The Morgan fingerprint density at radius 1 is 1.04 bits per heavy atom. The average molecular weight is 364 g/mol. The number of hydrogen-bond acceptors (Lipinski definition) is 5. The van der Waals surface area contributed by atoms with Crippen molar-refractivity contribution in [2.45, 2.75) is 51.9 Å². The molecule has 144 valence electrons. The summed E-state index contributed by atoms with van der Waals surface area (Å²) in [7, 11) is 1.50. The standard InChI is InChI=1S/C19H28N2O5/c1-3-4-5-6-7-8-9-14-26-18(22)15-20(2)19(23)16-10-12-17(13-11-16)21(24)25/h10-13H,3-9,14-15H2,1-2H3. The van der Waals surface area contributed by atoms with Crippen LogP contribution in [0.4, 0.5) is 5.69 Å². The molecule has 0 atom stereocenters. The molecule has 7 nitrogen and oxygen atoms in total.